The predicted molar refractivity (Wildman–Crippen MR) is 135 cm³/mol. The van der Waals surface area contributed by atoms with E-state index in [0.29, 0.717) is 19.6 Å². The Kier molecular flexibility index (Phi) is 11.4. The molecule has 0 unspecified atom stereocenters. The first-order valence-electron chi connectivity index (χ1n) is 12.2. The van der Waals surface area contributed by atoms with Gasteiger partial charge in [-0.2, -0.15) is 0 Å². The largest absolute Gasteiger partial charge is 0.442 e. The van der Waals surface area contributed by atoms with Crippen LogP contribution in [0.4, 0.5) is 4.79 Å². The number of aliphatic hydroxyl groups excluding tert-OH is 1. The number of nitrogens with one attached hydrogen (secondary N) is 1. The zero-order valence-corrected chi connectivity index (χ0v) is 21.9. The Morgan fingerprint density at radius 2 is 1.94 bits per heavy atom. The van der Waals surface area contributed by atoms with Gasteiger partial charge in [0, 0.05) is 34.6 Å². The van der Waals surface area contributed by atoms with E-state index in [4.69, 9.17) is 18.9 Å². The van der Waals surface area contributed by atoms with Crippen LogP contribution in [-0.4, -0.2) is 86.1 Å². The van der Waals surface area contributed by atoms with Crippen molar-refractivity contribution in [2.75, 3.05) is 33.9 Å². The third-order valence-electron chi connectivity index (χ3n) is 5.76. The van der Waals surface area contributed by atoms with Gasteiger partial charge in [-0.25, -0.2) is 4.79 Å². The van der Waals surface area contributed by atoms with Crippen molar-refractivity contribution in [3.8, 4) is 0 Å². The summed E-state index contributed by atoms with van der Waals surface area (Å²) in [5, 5.41) is 12.4. The summed E-state index contributed by atoms with van der Waals surface area (Å²) < 4.78 is 22.7. The molecule has 2 aliphatic heterocycles. The minimum atomic E-state index is -0.518. The topological polar surface area (TPSA) is 107 Å². The highest BCUT2D eigenvalue weighted by Gasteiger charge is 2.33. The first-order chi connectivity index (χ1) is 16.5. The first-order valence-corrected chi connectivity index (χ1v) is 12.2. The molecule has 2 rings (SSSR count). The normalized spacial score (nSPS) is 28.1. The Bertz CT molecular complexity index is 789. The molecule has 0 saturated carbocycles. The van der Waals surface area contributed by atoms with Gasteiger partial charge in [-0.3, -0.25) is 4.79 Å². The van der Waals surface area contributed by atoms with Crippen molar-refractivity contribution in [1.29, 1.82) is 0 Å². The van der Waals surface area contributed by atoms with Crippen molar-refractivity contribution >= 4 is 12.0 Å². The van der Waals surface area contributed by atoms with Gasteiger partial charge in [0.05, 0.1) is 31.0 Å². The van der Waals surface area contributed by atoms with Gasteiger partial charge < -0.3 is 34.3 Å². The van der Waals surface area contributed by atoms with Gasteiger partial charge in [0.1, 0.15) is 6.10 Å². The fraction of sp³-hybridized carbons (Fsp3) is 0.692. The summed E-state index contributed by atoms with van der Waals surface area (Å²) in [5.41, 5.74) is 0.843. The van der Waals surface area contributed by atoms with Crippen LogP contribution >= 0.6 is 0 Å². The van der Waals surface area contributed by atoms with Crippen molar-refractivity contribution in [3.05, 3.63) is 36.0 Å². The third kappa shape index (κ3) is 10.9. The predicted octanol–water partition coefficient (Wildman–Crippen LogP) is 3.19. The van der Waals surface area contributed by atoms with Crippen molar-refractivity contribution in [2.45, 2.75) is 77.1 Å². The van der Waals surface area contributed by atoms with Gasteiger partial charge in [-0.15, -0.1) is 0 Å². The van der Waals surface area contributed by atoms with Crippen LogP contribution in [-0.2, 0) is 23.7 Å². The number of carbonyl (C=O) groups excluding carboxylic acids is 2. The number of hydrogen-bond acceptors (Lipinski definition) is 7. The van der Waals surface area contributed by atoms with Crippen LogP contribution in [0, 0.1) is 5.92 Å². The lowest BCUT2D eigenvalue weighted by atomic mass is 9.86. The molecule has 200 valence electrons. The maximum atomic E-state index is 12.1. The number of nitrogens with zero attached hydrogens (tertiary/aromatic N) is 1. The molecule has 2 N–H and O–H groups in total. The monoisotopic (exact) mass is 496 g/mol. The van der Waals surface area contributed by atoms with Crippen LogP contribution in [0.2, 0.25) is 0 Å². The summed E-state index contributed by atoms with van der Waals surface area (Å²) in [5.74, 6) is -0.0412. The van der Waals surface area contributed by atoms with E-state index in [-0.39, 0.29) is 43.9 Å². The summed E-state index contributed by atoms with van der Waals surface area (Å²) in [6.07, 6.45) is 9.93. The van der Waals surface area contributed by atoms with E-state index in [2.05, 4.69) is 31.3 Å². The summed E-state index contributed by atoms with van der Waals surface area (Å²) >= 11 is 0. The van der Waals surface area contributed by atoms with Gasteiger partial charge in [0.2, 0.25) is 5.91 Å². The molecule has 0 radical (unpaired) electrons. The van der Waals surface area contributed by atoms with Crippen molar-refractivity contribution in [1.82, 2.24) is 10.2 Å². The van der Waals surface area contributed by atoms with Crippen LogP contribution in [0.3, 0.4) is 0 Å². The lowest BCUT2D eigenvalue weighted by Gasteiger charge is -2.39. The van der Waals surface area contributed by atoms with Gasteiger partial charge in [0.25, 0.3) is 0 Å². The van der Waals surface area contributed by atoms with Crippen LogP contribution < -0.4 is 5.32 Å². The summed E-state index contributed by atoms with van der Waals surface area (Å²) in [6.45, 7) is 8.71. The zero-order chi connectivity index (χ0) is 26.0. The van der Waals surface area contributed by atoms with Crippen molar-refractivity contribution in [2.24, 2.45) is 5.92 Å². The molecule has 2 fully saturated rings. The minimum Gasteiger partial charge on any atom is -0.442 e. The molecule has 0 aliphatic carbocycles. The van der Waals surface area contributed by atoms with Crippen molar-refractivity contribution < 1.29 is 35.1 Å². The number of allylic oxidation sites excluding steroid dienone is 2. The highest BCUT2D eigenvalue weighted by atomic mass is 16.7. The Morgan fingerprint density at radius 3 is 2.57 bits per heavy atom. The summed E-state index contributed by atoms with van der Waals surface area (Å²) in [7, 11) is 3.19. The van der Waals surface area contributed by atoms with Crippen LogP contribution in [0.1, 0.15) is 48.4 Å². The third-order valence-corrected chi connectivity index (χ3v) is 5.76. The second-order valence-corrected chi connectivity index (χ2v) is 10.1. The van der Waals surface area contributed by atoms with E-state index in [9.17, 15) is 14.7 Å². The first kappa shape index (κ1) is 29.0. The molecule has 9 nitrogen and oxygen atoms in total. The summed E-state index contributed by atoms with van der Waals surface area (Å²) in [4.78, 5) is 24.9. The Balaban J connectivity index is 0.00000648. The number of rotatable bonds is 9. The molecule has 2 aliphatic rings. The molecule has 9 heteroatoms. The SMILES string of the molecule is CC(/C=C/[C@@H]1C[C@H](CO)CC(C)(C)O1)=C\CC1OCC(NC(=O)/C=C\[C@H](C)OC(=O)N(C)C)CO1.[HH]. The highest BCUT2D eigenvalue weighted by molar-refractivity contribution is 5.87. The fourth-order valence-electron chi connectivity index (χ4n) is 4.02. The Morgan fingerprint density at radius 1 is 1.26 bits per heavy atom. The number of aliphatic hydroxyl groups is 1. The Hall–Kier alpha value is -2.20. The molecule has 2 saturated heterocycles. The average molecular weight is 497 g/mol. The highest BCUT2D eigenvalue weighted by Crippen LogP contribution is 2.32. The average Bonchev–Trinajstić information content (AvgIpc) is 2.79. The smallest absolute Gasteiger partial charge is 0.409 e. The summed E-state index contributed by atoms with van der Waals surface area (Å²) in [6, 6.07) is -0.251. The van der Waals surface area contributed by atoms with Gasteiger partial charge >= 0.3 is 6.09 Å². The lowest BCUT2D eigenvalue weighted by molar-refractivity contribution is -0.187. The molecular weight excluding hydrogens is 452 g/mol. The molecule has 2 heterocycles. The molecular formula is C26H44N2O7. The fourth-order valence-corrected chi connectivity index (χ4v) is 4.02. The van der Waals surface area contributed by atoms with E-state index >= 15 is 0 Å². The maximum Gasteiger partial charge on any atom is 0.409 e. The molecule has 0 aromatic rings. The van der Waals surface area contributed by atoms with Gasteiger partial charge in [-0.1, -0.05) is 23.8 Å². The van der Waals surface area contributed by atoms with E-state index < -0.39 is 12.2 Å². The van der Waals surface area contributed by atoms with E-state index in [1.54, 1.807) is 21.0 Å². The van der Waals surface area contributed by atoms with Gasteiger partial charge in [-0.05, 0) is 52.5 Å². The number of hydrogen-bond donors (Lipinski definition) is 2. The molecule has 3 atom stereocenters. The second-order valence-electron chi connectivity index (χ2n) is 10.1. The molecule has 35 heavy (non-hydrogen) atoms. The maximum absolute atomic E-state index is 12.1. The molecule has 0 aromatic carbocycles. The van der Waals surface area contributed by atoms with Gasteiger partial charge in [0.15, 0.2) is 6.29 Å². The van der Waals surface area contributed by atoms with Crippen LogP contribution in [0.25, 0.3) is 0 Å². The van der Waals surface area contributed by atoms with Crippen molar-refractivity contribution in [3.63, 3.8) is 0 Å². The standard InChI is InChI=1S/C26H42N2O7.H2/c1-18(7-10-22-13-20(15-29)14-26(3,4)35-22)8-12-24-32-16-21(17-33-24)27-23(30)11-9-19(2)34-25(31)28(5)6;/h7-11,19-22,24,29H,12-17H2,1-6H3,(H,27,30);1H/b10-7+,11-9-,18-8+;/t19-,20-,21?,22+,24?;/m0./s1. The molecule has 0 bridgehead atoms. The van der Waals surface area contributed by atoms with Crippen LogP contribution in [0.15, 0.2) is 36.0 Å². The van der Waals surface area contributed by atoms with E-state index in [0.717, 1.165) is 18.4 Å². The molecule has 2 amide bonds. The van der Waals surface area contributed by atoms with Crippen LogP contribution in [0.5, 0.6) is 0 Å². The quantitative estimate of drug-likeness (QED) is 0.373. The molecule has 0 spiro atoms. The molecule has 0 aromatic heterocycles. The number of carbonyl (C=O) groups is 2. The lowest BCUT2D eigenvalue weighted by Crippen LogP contribution is -2.46. The van der Waals surface area contributed by atoms with E-state index in [1.165, 1.54) is 17.1 Å². The number of ether oxygens (including phenoxy) is 4. The van der Waals surface area contributed by atoms with E-state index in [1.807, 2.05) is 13.0 Å². The zero-order valence-electron chi connectivity index (χ0n) is 21.9. The number of amides is 2. The minimum absolute atomic E-state index is 0. The Labute approximate surface area is 210 Å². The second kappa shape index (κ2) is 13.8.